The predicted octanol–water partition coefficient (Wildman–Crippen LogP) is 4.03. The number of benzene rings is 2. The van der Waals surface area contributed by atoms with Gasteiger partial charge >= 0.3 is 6.18 Å². The van der Waals surface area contributed by atoms with Gasteiger partial charge in [-0.2, -0.15) is 13.2 Å². The van der Waals surface area contributed by atoms with Crippen molar-refractivity contribution < 1.29 is 36.3 Å². The van der Waals surface area contributed by atoms with Crippen molar-refractivity contribution in [1.29, 1.82) is 0 Å². The number of primary amides is 1. The van der Waals surface area contributed by atoms with Crippen molar-refractivity contribution in [2.75, 3.05) is 7.11 Å². The molecule has 2 atom stereocenters. The fourth-order valence-electron chi connectivity index (χ4n) is 3.79. The van der Waals surface area contributed by atoms with E-state index in [4.69, 9.17) is 20.6 Å². The van der Waals surface area contributed by atoms with E-state index in [1.165, 1.54) is 44.4 Å². The highest BCUT2D eigenvalue weighted by Gasteiger charge is 2.33. The molecular weight excluding hydrogens is 510 g/mol. The molecule has 0 radical (unpaired) electrons. The zero-order chi connectivity index (χ0) is 27.8. The molecule has 0 bridgehead atoms. The number of oxazole rings is 1. The van der Waals surface area contributed by atoms with Gasteiger partial charge in [-0.15, -0.1) is 0 Å². The maximum Gasteiger partial charge on any atom is 0.433 e. The fourth-order valence-corrected chi connectivity index (χ4v) is 3.79. The Kier molecular flexibility index (Phi) is 7.05. The van der Waals surface area contributed by atoms with Gasteiger partial charge in [0, 0.05) is 10.9 Å². The van der Waals surface area contributed by atoms with Crippen LogP contribution in [0, 0.1) is 5.82 Å². The summed E-state index contributed by atoms with van der Waals surface area (Å²) in [5, 5.41) is 2.65. The molecular formula is C25H21F4N5O4. The van der Waals surface area contributed by atoms with Gasteiger partial charge in [0.25, 0.3) is 5.91 Å². The van der Waals surface area contributed by atoms with E-state index in [2.05, 4.69) is 15.3 Å². The molecule has 0 spiro atoms. The van der Waals surface area contributed by atoms with E-state index in [-0.39, 0.29) is 45.1 Å². The number of ether oxygens (including phenoxy) is 1. The largest absolute Gasteiger partial charge is 0.494 e. The molecule has 9 nitrogen and oxygen atoms in total. The van der Waals surface area contributed by atoms with Crippen LogP contribution in [0.15, 0.2) is 52.9 Å². The molecule has 0 aliphatic carbocycles. The number of aromatic nitrogens is 2. The second-order valence-electron chi connectivity index (χ2n) is 8.29. The Balaban J connectivity index is 1.78. The molecule has 4 aromatic rings. The first-order chi connectivity index (χ1) is 17.9. The third kappa shape index (κ3) is 5.13. The second kappa shape index (κ2) is 10.1. The highest BCUT2D eigenvalue weighted by atomic mass is 19.4. The number of hydrogen-bond acceptors (Lipinski definition) is 7. The average molecular weight is 531 g/mol. The van der Waals surface area contributed by atoms with E-state index in [0.29, 0.717) is 0 Å². The summed E-state index contributed by atoms with van der Waals surface area (Å²) in [6.07, 6.45) is -4.69. The molecule has 2 amide bonds. The van der Waals surface area contributed by atoms with E-state index >= 15 is 0 Å². The summed E-state index contributed by atoms with van der Waals surface area (Å²) in [5.41, 5.74) is 10.4. The summed E-state index contributed by atoms with van der Waals surface area (Å²) in [7, 11) is 1.29. The molecule has 13 heteroatoms. The first kappa shape index (κ1) is 26.5. The lowest BCUT2D eigenvalue weighted by molar-refractivity contribution is -0.141. The monoisotopic (exact) mass is 531 g/mol. The first-order valence-electron chi connectivity index (χ1n) is 11.1. The fraction of sp³-hybridized carbons (Fsp3) is 0.200. The van der Waals surface area contributed by atoms with Crippen molar-refractivity contribution in [3.8, 4) is 17.2 Å². The minimum absolute atomic E-state index is 0.0522. The molecule has 2 aromatic carbocycles. The molecule has 0 saturated heterocycles. The molecule has 198 valence electrons. The number of nitrogens with two attached hydrogens (primary N) is 2. The highest BCUT2D eigenvalue weighted by Crippen LogP contribution is 2.37. The summed E-state index contributed by atoms with van der Waals surface area (Å²) in [6.45, 7) is 1.52. The number of nitrogens with one attached hydrogen (secondary N) is 1. The standard InChI is InChI=1S/C25H21F4N5O4/c1-11(30)21-20(23(36)33-18(22(31)35)12-3-5-13(26)6-4-12)34-24(38-21)15-7-9-16(37-2)19-14(15)8-10-17(32-19)25(27,28)29/h3-11,18H,30H2,1-2H3,(H2,31,35)(H,33,36)/t11-,18-/m0/s1. The van der Waals surface area contributed by atoms with Crippen LogP contribution in [0.2, 0.25) is 0 Å². The van der Waals surface area contributed by atoms with Gasteiger partial charge in [0.2, 0.25) is 11.8 Å². The van der Waals surface area contributed by atoms with E-state index in [0.717, 1.165) is 18.2 Å². The van der Waals surface area contributed by atoms with Gasteiger partial charge in [-0.3, -0.25) is 9.59 Å². The lowest BCUT2D eigenvalue weighted by Gasteiger charge is -2.15. The van der Waals surface area contributed by atoms with E-state index < -0.39 is 41.6 Å². The van der Waals surface area contributed by atoms with Gasteiger partial charge in [0.15, 0.2) is 11.5 Å². The topological polar surface area (TPSA) is 146 Å². The smallest absolute Gasteiger partial charge is 0.433 e. The Morgan fingerprint density at radius 2 is 1.74 bits per heavy atom. The Labute approximate surface area is 212 Å². The number of carbonyl (C=O) groups excluding carboxylic acids is 2. The number of hydrogen-bond donors (Lipinski definition) is 3. The highest BCUT2D eigenvalue weighted by molar-refractivity contribution is 5.99. The number of pyridine rings is 1. The molecule has 0 fully saturated rings. The first-order valence-corrected chi connectivity index (χ1v) is 11.1. The third-order valence-corrected chi connectivity index (χ3v) is 5.61. The van der Waals surface area contributed by atoms with Crippen molar-refractivity contribution in [2.45, 2.75) is 25.2 Å². The number of alkyl halides is 3. The Morgan fingerprint density at radius 3 is 2.32 bits per heavy atom. The van der Waals surface area contributed by atoms with Crippen LogP contribution in [-0.4, -0.2) is 28.9 Å². The van der Waals surface area contributed by atoms with Gasteiger partial charge in [-0.1, -0.05) is 12.1 Å². The van der Waals surface area contributed by atoms with Crippen molar-refractivity contribution in [1.82, 2.24) is 15.3 Å². The van der Waals surface area contributed by atoms with Gasteiger partial charge in [0.1, 0.15) is 28.8 Å². The number of methoxy groups -OCH3 is 1. The van der Waals surface area contributed by atoms with Crippen LogP contribution in [0.25, 0.3) is 22.4 Å². The number of rotatable bonds is 7. The van der Waals surface area contributed by atoms with Gasteiger partial charge in [0.05, 0.1) is 13.2 Å². The van der Waals surface area contributed by atoms with Crippen LogP contribution in [0.3, 0.4) is 0 Å². The van der Waals surface area contributed by atoms with Crippen molar-refractivity contribution in [3.05, 3.63) is 77.1 Å². The Morgan fingerprint density at radius 1 is 1.05 bits per heavy atom. The summed E-state index contributed by atoms with van der Waals surface area (Å²) < 4.78 is 64.1. The number of fused-ring (bicyclic) bond motifs is 1. The molecule has 2 heterocycles. The molecule has 4 rings (SSSR count). The van der Waals surface area contributed by atoms with Crippen LogP contribution in [0.4, 0.5) is 17.6 Å². The maximum atomic E-state index is 13.3. The van der Waals surface area contributed by atoms with E-state index in [1.807, 2.05) is 0 Å². The van der Waals surface area contributed by atoms with Crippen molar-refractivity contribution >= 4 is 22.7 Å². The van der Waals surface area contributed by atoms with Crippen LogP contribution in [-0.2, 0) is 11.0 Å². The molecule has 38 heavy (non-hydrogen) atoms. The lowest BCUT2D eigenvalue weighted by atomic mass is 10.1. The zero-order valence-electron chi connectivity index (χ0n) is 20.0. The number of nitrogens with zero attached hydrogens (tertiary/aromatic N) is 2. The van der Waals surface area contributed by atoms with Gasteiger partial charge < -0.3 is 25.9 Å². The number of amides is 2. The molecule has 0 aliphatic rings. The summed E-state index contributed by atoms with van der Waals surface area (Å²) >= 11 is 0. The van der Waals surface area contributed by atoms with Gasteiger partial charge in [-0.05, 0) is 48.9 Å². The van der Waals surface area contributed by atoms with Crippen LogP contribution < -0.4 is 21.5 Å². The minimum Gasteiger partial charge on any atom is -0.494 e. The summed E-state index contributed by atoms with van der Waals surface area (Å²) in [6, 6.07) is 7.49. The Bertz CT molecular complexity index is 1520. The molecule has 0 aliphatic heterocycles. The number of carbonyl (C=O) groups is 2. The van der Waals surface area contributed by atoms with Crippen molar-refractivity contribution in [3.63, 3.8) is 0 Å². The predicted molar refractivity (Wildman–Crippen MR) is 127 cm³/mol. The molecule has 5 N–H and O–H groups in total. The molecule has 0 unspecified atom stereocenters. The second-order valence-corrected chi connectivity index (χ2v) is 8.29. The SMILES string of the molecule is COc1ccc(-c2nc(C(=O)N[C@H](C(N)=O)c3ccc(F)cc3)c([C@H](C)N)o2)c2ccc(C(F)(F)F)nc12. The van der Waals surface area contributed by atoms with E-state index in [1.54, 1.807) is 0 Å². The Hall–Kier alpha value is -4.52. The third-order valence-electron chi connectivity index (χ3n) is 5.61. The number of halogens is 4. The lowest BCUT2D eigenvalue weighted by Crippen LogP contribution is -2.38. The average Bonchev–Trinajstić information content (AvgIpc) is 3.32. The van der Waals surface area contributed by atoms with Crippen LogP contribution in [0.5, 0.6) is 5.75 Å². The van der Waals surface area contributed by atoms with Crippen molar-refractivity contribution in [2.24, 2.45) is 11.5 Å². The normalized spacial score (nSPS) is 13.2. The zero-order valence-corrected chi connectivity index (χ0v) is 20.0. The quantitative estimate of drug-likeness (QED) is 0.305. The summed E-state index contributed by atoms with van der Waals surface area (Å²) in [5.74, 6) is -2.43. The minimum atomic E-state index is -4.69. The maximum absolute atomic E-state index is 13.3. The van der Waals surface area contributed by atoms with E-state index in [9.17, 15) is 27.2 Å². The molecule has 0 saturated carbocycles. The van der Waals surface area contributed by atoms with Crippen LogP contribution in [0.1, 0.15) is 46.5 Å². The van der Waals surface area contributed by atoms with Crippen LogP contribution >= 0.6 is 0 Å². The van der Waals surface area contributed by atoms with Gasteiger partial charge in [-0.25, -0.2) is 14.4 Å². The molecule has 2 aromatic heterocycles. The summed E-state index contributed by atoms with van der Waals surface area (Å²) in [4.78, 5) is 33.1.